The van der Waals surface area contributed by atoms with E-state index in [2.05, 4.69) is 21.2 Å². The summed E-state index contributed by atoms with van der Waals surface area (Å²) >= 11 is 3.49. The molecule has 1 aliphatic rings. The van der Waals surface area contributed by atoms with Gasteiger partial charge in [-0.25, -0.2) is 9.37 Å². The van der Waals surface area contributed by atoms with Gasteiger partial charge >= 0.3 is 0 Å². The summed E-state index contributed by atoms with van der Waals surface area (Å²) in [6.07, 6.45) is 1.69. The standard InChI is InChI=1S/C24H25BrFN3O2/c1-16-22(28-24(31-16)19-3-2-4-20(25)13-19)15-29-11-9-18(10-12-29)23(30)27-14-17-5-7-21(26)8-6-17/h2-8,13,18H,9-12,14-15H2,1H3,(H,27,30)/p+1. The third-order valence-electron chi connectivity index (χ3n) is 5.83. The number of hydrogen-bond acceptors (Lipinski definition) is 3. The van der Waals surface area contributed by atoms with Gasteiger partial charge < -0.3 is 14.6 Å². The number of aryl methyl sites for hydroxylation is 1. The van der Waals surface area contributed by atoms with Crippen LogP contribution in [0.15, 0.2) is 57.4 Å². The van der Waals surface area contributed by atoms with Gasteiger partial charge in [-0.1, -0.05) is 34.1 Å². The fraction of sp³-hybridized carbons (Fsp3) is 0.333. The van der Waals surface area contributed by atoms with E-state index in [-0.39, 0.29) is 17.6 Å². The van der Waals surface area contributed by atoms with Crippen molar-refractivity contribution in [3.05, 3.63) is 75.8 Å². The van der Waals surface area contributed by atoms with Crippen LogP contribution < -0.4 is 10.2 Å². The monoisotopic (exact) mass is 486 g/mol. The fourth-order valence-corrected chi connectivity index (χ4v) is 4.37. The first-order valence-corrected chi connectivity index (χ1v) is 11.3. The minimum absolute atomic E-state index is 0.0276. The molecular weight excluding hydrogens is 461 g/mol. The lowest BCUT2D eigenvalue weighted by molar-refractivity contribution is -0.919. The lowest BCUT2D eigenvalue weighted by atomic mass is 9.95. The molecule has 0 spiro atoms. The van der Waals surface area contributed by atoms with Crippen molar-refractivity contribution in [3.63, 3.8) is 0 Å². The number of oxazole rings is 1. The molecule has 1 aromatic heterocycles. The Kier molecular flexibility index (Phi) is 6.83. The molecule has 0 saturated carbocycles. The molecule has 2 aromatic carbocycles. The number of benzene rings is 2. The summed E-state index contributed by atoms with van der Waals surface area (Å²) < 4.78 is 19.9. The van der Waals surface area contributed by atoms with Crippen molar-refractivity contribution < 1.29 is 18.5 Å². The van der Waals surface area contributed by atoms with Crippen LogP contribution in [-0.4, -0.2) is 24.0 Å². The van der Waals surface area contributed by atoms with Gasteiger partial charge in [0.05, 0.1) is 13.1 Å². The number of rotatable bonds is 6. The van der Waals surface area contributed by atoms with E-state index in [1.165, 1.54) is 17.0 Å². The Bertz CT molecular complexity index is 1040. The second-order valence-electron chi connectivity index (χ2n) is 8.08. The molecule has 1 aliphatic heterocycles. The van der Waals surface area contributed by atoms with Crippen molar-refractivity contribution in [1.29, 1.82) is 0 Å². The van der Waals surface area contributed by atoms with E-state index in [0.29, 0.717) is 12.4 Å². The molecule has 1 saturated heterocycles. The summed E-state index contributed by atoms with van der Waals surface area (Å²) in [5.74, 6) is 1.33. The van der Waals surface area contributed by atoms with Gasteiger partial charge in [-0.15, -0.1) is 0 Å². The first-order valence-electron chi connectivity index (χ1n) is 10.6. The second kappa shape index (κ2) is 9.75. The van der Waals surface area contributed by atoms with Gasteiger partial charge in [-0.05, 0) is 42.8 Å². The lowest BCUT2D eigenvalue weighted by Crippen LogP contribution is -3.12. The molecule has 0 unspecified atom stereocenters. The maximum absolute atomic E-state index is 13.0. The maximum atomic E-state index is 13.0. The smallest absolute Gasteiger partial charge is 0.226 e. The van der Waals surface area contributed by atoms with Gasteiger partial charge in [0.25, 0.3) is 0 Å². The van der Waals surface area contributed by atoms with Crippen LogP contribution in [0.1, 0.15) is 29.9 Å². The fourth-order valence-electron chi connectivity index (χ4n) is 3.97. The molecule has 1 amide bonds. The second-order valence-corrected chi connectivity index (χ2v) is 8.99. The van der Waals surface area contributed by atoms with E-state index in [4.69, 9.17) is 9.40 Å². The number of amides is 1. The Labute approximate surface area is 189 Å². The highest BCUT2D eigenvalue weighted by atomic mass is 79.9. The molecule has 7 heteroatoms. The van der Waals surface area contributed by atoms with Crippen molar-refractivity contribution in [1.82, 2.24) is 10.3 Å². The van der Waals surface area contributed by atoms with Crippen LogP contribution in [0.2, 0.25) is 0 Å². The van der Waals surface area contributed by atoms with Crippen LogP contribution in [-0.2, 0) is 17.9 Å². The van der Waals surface area contributed by atoms with Crippen LogP contribution in [0.5, 0.6) is 0 Å². The number of carbonyl (C=O) groups is 1. The highest BCUT2D eigenvalue weighted by Gasteiger charge is 2.28. The number of aromatic nitrogens is 1. The highest BCUT2D eigenvalue weighted by molar-refractivity contribution is 9.10. The van der Waals surface area contributed by atoms with Gasteiger partial charge in [0.15, 0.2) is 0 Å². The number of nitrogens with zero attached hydrogens (tertiary/aromatic N) is 1. The number of likely N-dealkylation sites (tertiary alicyclic amines) is 1. The van der Waals surface area contributed by atoms with E-state index in [0.717, 1.165) is 59.5 Å². The van der Waals surface area contributed by atoms with E-state index in [1.54, 1.807) is 12.1 Å². The van der Waals surface area contributed by atoms with Gasteiger partial charge in [-0.3, -0.25) is 4.79 Å². The summed E-state index contributed by atoms with van der Waals surface area (Å²) in [5.41, 5.74) is 2.83. The molecule has 0 radical (unpaired) electrons. The first-order chi connectivity index (χ1) is 15.0. The molecule has 0 bridgehead atoms. The topological polar surface area (TPSA) is 59.6 Å². The van der Waals surface area contributed by atoms with Crippen molar-refractivity contribution in [2.24, 2.45) is 5.92 Å². The van der Waals surface area contributed by atoms with Crippen LogP contribution >= 0.6 is 15.9 Å². The van der Waals surface area contributed by atoms with Crippen molar-refractivity contribution in [3.8, 4) is 11.5 Å². The van der Waals surface area contributed by atoms with Crippen LogP contribution in [0, 0.1) is 18.7 Å². The number of halogens is 2. The molecule has 3 aromatic rings. The minimum Gasteiger partial charge on any atom is -0.441 e. The Balaban J connectivity index is 1.28. The summed E-state index contributed by atoms with van der Waals surface area (Å²) in [5, 5.41) is 2.99. The van der Waals surface area contributed by atoms with Crippen LogP contribution in [0.25, 0.3) is 11.5 Å². The highest BCUT2D eigenvalue weighted by Crippen LogP contribution is 2.24. The molecule has 4 rings (SSSR count). The molecule has 1 fully saturated rings. The molecule has 2 N–H and O–H groups in total. The predicted octanol–water partition coefficient (Wildman–Crippen LogP) is 3.66. The summed E-state index contributed by atoms with van der Waals surface area (Å²) in [6.45, 7) is 5.04. The van der Waals surface area contributed by atoms with Gasteiger partial charge in [0, 0.05) is 35.3 Å². The van der Waals surface area contributed by atoms with Crippen LogP contribution in [0.4, 0.5) is 4.39 Å². The van der Waals surface area contributed by atoms with E-state index in [1.807, 2.05) is 31.2 Å². The normalized spacial score (nSPS) is 18.7. The van der Waals surface area contributed by atoms with Gasteiger partial charge in [0.2, 0.25) is 11.8 Å². The number of hydrogen-bond donors (Lipinski definition) is 2. The Morgan fingerprint density at radius 1 is 1.23 bits per heavy atom. The molecule has 2 heterocycles. The van der Waals surface area contributed by atoms with Crippen LogP contribution in [0.3, 0.4) is 0 Å². The molecule has 5 nitrogen and oxygen atoms in total. The van der Waals surface area contributed by atoms with E-state index >= 15 is 0 Å². The first kappa shape index (κ1) is 21.7. The third-order valence-corrected chi connectivity index (χ3v) is 6.32. The molecule has 162 valence electrons. The SMILES string of the molecule is Cc1oc(-c2cccc(Br)c2)nc1C[NH+]1CCC(C(=O)NCc2ccc(F)cc2)CC1. The minimum atomic E-state index is -0.267. The van der Waals surface area contributed by atoms with Crippen molar-refractivity contribution in [2.45, 2.75) is 32.9 Å². The maximum Gasteiger partial charge on any atom is 0.226 e. The van der Waals surface area contributed by atoms with Gasteiger partial charge in [-0.2, -0.15) is 0 Å². The average Bonchev–Trinajstić information content (AvgIpc) is 3.14. The van der Waals surface area contributed by atoms with E-state index < -0.39 is 0 Å². The Morgan fingerprint density at radius 3 is 2.68 bits per heavy atom. The molecule has 31 heavy (non-hydrogen) atoms. The zero-order valence-corrected chi connectivity index (χ0v) is 19.0. The van der Waals surface area contributed by atoms with Crippen molar-refractivity contribution in [2.75, 3.05) is 13.1 Å². The zero-order chi connectivity index (χ0) is 21.8. The Hall–Kier alpha value is -2.51. The number of quaternary nitrogens is 1. The van der Waals surface area contributed by atoms with Gasteiger partial charge in [0.1, 0.15) is 23.8 Å². The average molecular weight is 487 g/mol. The number of carbonyl (C=O) groups excluding carboxylic acids is 1. The number of piperidine rings is 1. The lowest BCUT2D eigenvalue weighted by Gasteiger charge is -2.28. The van der Waals surface area contributed by atoms with E-state index in [9.17, 15) is 9.18 Å². The molecular formula is C24H26BrFN3O2+. The molecule has 0 aliphatic carbocycles. The molecule has 0 atom stereocenters. The summed E-state index contributed by atoms with van der Waals surface area (Å²) in [4.78, 5) is 18.7. The summed E-state index contributed by atoms with van der Waals surface area (Å²) in [6, 6.07) is 14.2. The Morgan fingerprint density at radius 2 is 1.97 bits per heavy atom. The quantitative estimate of drug-likeness (QED) is 0.558. The number of nitrogens with one attached hydrogen (secondary N) is 2. The third kappa shape index (κ3) is 5.60. The predicted molar refractivity (Wildman–Crippen MR) is 120 cm³/mol. The zero-order valence-electron chi connectivity index (χ0n) is 17.5. The van der Waals surface area contributed by atoms with Crippen molar-refractivity contribution >= 4 is 21.8 Å². The largest absolute Gasteiger partial charge is 0.441 e. The summed E-state index contributed by atoms with van der Waals surface area (Å²) in [7, 11) is 0.